The van der Waals surface area contributed by atoms with Gasteiger partial charge in [0, 0.05) is 44.7 Å². The van der Waals surface area contributed by atoms with Crippen molar-refractivity contribution in [3.05, 3.63) is 52.9 Å². The van der Waals surface area contributed by atoms with E-state index in [1.54, 1.807) is 0 Å². The van der Waals surface area contributed by atoms with Crippen LogP contribution in [0.3, 0.4) is 0 Å². The van der Waals surface area contributed by atoms with E-state index in [4.69, 9.17) is 5.10 Å². The fourth-order valence-electron chi connectivity index (χ4n) is 4.36. The van der Waals surface area contributed by atoms with E-state index < -0.39 is 11.6 Å². The number of aromatic nitrogens is 2. The molecule has 0 unspecified atom stereocenters. The molecule has 2 aliphatic rings. The number of piperidine rings is 1. The molecular weight excluding hydrogens is 362 g/mol. The number of hydrogen-bond donors (Lipinski definition) is 0. The first-order chi connectivity index (χ1) is 13.5. The molecule has 1 aromatic heterocycles. The third-order valence-electron chi connectivity index (χ3n) is 5.74. The monoisotopic (exact) mass is 388 g/mol. The van der Waals surface area contributed by atoms with E-state index in [0.29, 0.717) is 24.3 Å². The summed E-state index contributed by atoms with van der Waals surface area (Å²) in [6.45, 7) is 6.43. The zero-order chi connectivity index (χ0) is 19.7. The summed E-state index contributed by atoms with van der Waals surface area (Å²) in [5.41, 5.74) is 2.28. The molecule has 1 aromatic carbocycles. The number of aryl methyl sites for hydroxylation is 1. The summed E-state index contributed by atoms with van der Waals surface area (Å²) >= 11 is 0. The molecule has 0 spiro atoms. The number of fused-ring (bicyclic) bond motifs is 1. The minimum atomic E-state index is -0.541. The van der Waals surface area contributed by atoms with Crippen molar-refractivity contribution in [3.63, 3.8) is 0 Å². The Morgan fingerprint density at radius 2 is 1.86 bits per heavy atom. The average molecular weight is 388 g/mol. The van der Waals surface area contributed by atoms with E-state index in [0.717, 1.165) is 57.2 Å². The molecule has 0 saturated carbocycles. The van der Waals surface area contributed by atoms with Crippen LogP contribution in [0.1, 0.15) is 53.8 Å². The Morgan fingerprint density at radius 3 is 2.61 bits per heavy atom. The maximum Gasteiger partial charge on any atom is 0.272 e. The standard InChI is InChI=1S/C21H26F2N4O/c1-2-26-7-4-8-27-20(21(26)28)12-19(24-27)16-5-3-6-25(14-16)13-15-9-17(22)11-18(23)10-15/h9-12,16H,2-8,13-14H2,1H3/t16-/m0/s1. The maximum atomic E-state index is 13.5. The van der Waals surface area contributed by atoms with Crippen LogP contribution < -0.4 is 0 Å². The summed E-state index contributed by atoms with van der Waals surface area (Å²) in [4.78, 5) is 16.8. The van der Waals surface area contributed by atoms with Crippen LogP contribution in [0.2, 0.25) is 0 Å². The van der Waals surface area contributed by atoms with Crippen molar-refractivity contribution in [1.29, 1.82) is 0 Å². The van der Waals surface area contributed by atoms with Crippen molar-refractivity contribution >= 4 is 5.91 Å². The van der Waals surface area contributed by atoms with Crippen LogP contribution in [0, 0.1) is 11.6 Å². The highest BCUT2D eigenvalue weighted by Crippen LogP contribution is 2.28. The van der Waals surface area contributed by atoms with Crippen molar-refractivity contribution in [2.75, 3.05) is 26.2 Å². The lowest BCUT2D eigenvalue weighted by Crippen LogP contribution is -2.34. The number of carbonyl (C=O) groups excluding carboxylic acids is 1. The van der Waals surface area contributed by atoms with Gasteiger partial charge in [-0.15, -0.1) is 0 Å². The summed E-state index contributed by atoms with van der Waals surface area (Å²) in [6, 6.07) is 5.64. The number of carbonyl (C=O) groups is 1. The van der Waals surface area contributed by atoms with Crippen LogP contribution in [0.4, 0.5) is 8.78 Å². The Bertz CT molecular complexity index is 846. The summed E-state index contributed by atoms with van der Waals surface area (Å²) < 4.78 is 28.8. The van der Waals surface area contributed by atoms with Crippen LogP contribution in [0.15, 0.2) is 24.3 Å². The van der Waals surface area contributed by atoms with Gasteiger partial charge in [-0.2, -0.15) is 5.10 Å². The fourth-order valence-corrected chi connectivity index (χ4v) is 4.36. The van der Waals surface area contributed by atoms with E-state index >= 15 is 0 Å². The number of halogens is 2. The predicted molar refractivity (Wildman–Crippen MR) is 102 cm³/mol. The molecule has 28 heavy (non-hydrogen) atoms. The second kappa shape index (κ2) is 7.99. The molecule has 0 N–H and O–H groups in total. The molecule has 1 amide bonds. The van der Waals surface area contributed by atoms with Crippen LogP contribution in [0.5, 0.6) is 0 Å². The second-order valence-corrected chi connectivity index (χ2v) is 7.77. The molecule has 3 heterocycles. The molecule has 0 aliphatic carbocycles. The normalized spacial score (nSPS) is 20.9. The molecule has 2 aromatic rings. The van der Waals surface area contributed by atoms with Gasteiger partial charge in [-0.25, -0.2) is 8.78 Å². The summed E-state index contributed by atoms with van der Waals surface area (Å²) in [5, 5.41) is 4.75. The number of rotatable bonds is 4. The van der Waals surface area contributed by atoms with E-state index in [9.17, 15) is 13.6 Å². The maximum absolute atomic E-state index is 13.5. The lowest BCUT2D eigenvalue weighted by molar-refractivity contribution is 0.0766. The van der Waals surface area contributed by atoms with Crippen molar-refractivity contribution in [2.24, 2.45) is 0 Å². The summed E-state index contributed by atoms with van der Waals surface area (Å²) in [6.07, 6.45) is 2.92. The van der Waals surface area contributed by atoms with E-state index in [-0.39, 0.29) is 11.8 Å². The largest absolute Gasteiger partial charge is 0.338 e. The molecule has 150 valence electrons. The quantitative estimate of drug-likeness (QED) is 0.806. The van der Waals surface area contributed by atoms with Crippen molar-refractivity contribution in [1.82, 2.24) is 19.6 Å². The van der Waals surface area contributed by atoms with Crippen LogP contribution in [0.25, 0.3) is 0 Å². The molecule has 1 fully saturated rings. The zero-order valence-corrected chi connectivity index (χ0v) is 16.2. The first kappa shape index (κ1) is 19.1. The van der Waals surface area contributed by atoms with Gasteiger partial charge in [-0.05, 0) is 56.5 Å². The van der Waals surface area contributed by atoms with Crippen molar-refractivity contribution in [3.8, 4) is 0 Å². The number of amides is 1. The molecule has 4 rings (SSSR count). The van der Waals surface area contributed by atoms with Crippen LogP contribution in [-0.4, -0.2) is 51.7 Å². The van der Waals surface area contributed by atoms with Gasteiger partial charge in [-0.3, -0.25) is 14.4 Å². The summed E-state index contributed by atoms with van der Waals surface area (Å²) in [5.74, 6) is -0.795. The topological polar surface area (TPSA) is 41.4 Å². The van der Waals surface area contributed by atoms with E-state index in [1.807, 2.05) is 22.6 Å². The van der Waals surface area contributed by atoms with Gasteiger partial charge >= 0.3 is 0 Å². The molecule has 0 radical (unpaired) electrons. The lowest BCUT2D eigenvalue weighted by atomic mass is 9.94. The summed E-state index contributed by atoms with van der Waals surface area (Å²) in [7, 11) is 0. The van der Waals surface area contributed by atoms with Gasteiger partial charge in [-0.1, -0.05) is 0 Å². The van der Waals surface area contributed by atoms with Gasteiger partial charge in [0.2, 0.25) is 0 Å². The number of benzene rings is 1. The van der Waals surface area contributed by atoms with Gasteiger partial charge in [0.1, 0.15) is 17.3 Å². The van der Waals surface area contributed by atoms with Gasteiger partial charge in [0.15, 0.2) is 0 Å². The minimum absolute atomic E-state index is 0.0571. The molecular formula is C21H26F2N4O. The smallest absolute Gasteiger partial charge is 0.272 e. The first-order valence-electron chi connectivity index (χ1n) is 10.1. The Hall–Kier alpha value is -2.28. The minimum Gasteiger partial charge on any atom is -0.338 e. The molecule has 5 nitrogen and oxygen atoms in total. The Kier molecular flexibility index (Phi) is 5.44. The molecule has 7 heteroatoms. The van der Waals surface area contributed by atoms with Gasteiger partial charge in [0.05, 0.1) is 5.69 Å². The fraction of sp³-hybridized carbons (Fsp3) is 0.524. The highest BCUT2D eigenvalue weighted by atomic mass is 19.1. The zero-order valence-electron chi connectivity index (χ0n) is 16.2. The number of hydrogen-bond acceptors (Lipinski definition) is 3. The van der Waals surface area contributed by atoms with Gasteiger partial charge < -0.3 is 4.90 Å². The highest BCUT2D eigenvalue weighted by Gasteiger charge is 2.28. The molecule has 1 saturated heterocycles. The lowest BCUT2D eigenvalue weighted by Gasteiger charge is -2.32. The highest BCUT2D eigenvalue weighted by molar-refractivity contribution is 5.93. The first-order valence-corrected chi connectivity index (χ1v) is 10.1. The van der Waals surface area contributed by atoms with E-state index in [2.05, 4.69) is 4.90 Å². The number of nitrogens with zero attached hydrogens (tertiary/aromatic N) is 4. The predicted octanol–water partition coefficient (Wildman–Crippen LogP) is 3.41. The van der Waals surface area contributed by atoms with E-state index in [1.165, 1.54) is 12.1 Å². The van der Waals surface area contributed by atoms with Crippen molar-refractivity contribution < 1.29 is 13.6 Å². The van der Waals surface area contributed by atoms with Gasteiger partial charge in [0.25, 0.3) is 5.91 Å². The second-order valence-electron chi connectivity index (χ2n) is 7.77. The SMILES string of the molecule is CCN1CCCn2nc([C@H]3CCCN(Cc4cc(F)cc(F)c4)C3)cc2C1=O. The third-order valence-corrected chi connectivity index (χ3v) is 5.74. The average Bonchev–Trinajstić information content (AvgIpc) is 3.02. The molecule has 0 bridgehead atoms. The molecule has 2 aliphatic heterocycles. The Labute approximate surface area is 163 Å². The van der Waals surface area contributed by atoms with Crippen molar-refractivity contribution in [2.45, 2.75) is 45.2 Å². The van der Waals surface area contributed by atoms with Crippen LogP contribution in [-0.2, 0) is 13.1 Å². The Morgan fingerprint density at radius 1 is 1.07 bits per heavy atom. The third kappa shape index (κ3) is 3.94. The molecule has 1 atom stereocenters. The number of likely N-dealkylation sites (tertiary alicyclic amines) is 1. The Balaban J connectivity index is 1.49. The van der Waals surface area contributed by atoms with Crippen LogP contribution >= 0.6 is 0 Å².